The number of rotatable bonds is 4. The molecule has 2 aromatic rings. The van der Waals surface area contributed by atoms with Crippen molar-refractivity contribution in [2.24, 2.45) is 0 Å². The number of ether oxygens (including phenoxy) is 2. The molecule has 0 amide bonds. The van der Waals surface area contributed by atoms with Crippen molar-refractivity contribution in [3.8, 4) is 5.75 Å². The molecule has 2 aromatic carbocycles. The standard InChI is InChI=1S/C15H13BrFNO3/c1-20-15(19)14-12(18)3-2-4-13(14)21-8-9-7-10(17)5-6-11(9)16/h2-7H,8,18H2,1H3. The fourth-order valence-electron chi connectivity index (χ4n) is 1.80. The van der Waals surface area contributed by atoms with Gasteiger partial charge in [-0.3, -0.25) is 0 Å². The van der Waals surface area contributed by atoms with Crippen LogP contribution in [0.25, 0.3) is 0 Å². The highest BCUT2D eigenvalue weighted by Gasteiger charge is 2.17. The van der Waals surface area contributed by atoms with Crippen LogP contribution in [0.15, 0.2) is 40.9 Å². The Hall–Kier alpha value is -2.08. The minimum absolute atomic E-state index is 0.0891. The molecule has 0 atom stereocenters. The molecular weight excluding hydrogens is 341 g/mol. The van der Waals surface area contributed by atoms with Gasteiger partial charge in [0.05, 0.1) is 7.11 Å². The van der Waals surface area contributed by atoms with E-state index in [0.29, 0.717) is 10.0 Å². The molecule has 0 saturated heterocycles. The summed E-state index contributed by atoms with van der Waals surface area (Å²) in [4.78, 5) is 11.7. The molecule has 0 heterocycles. The number of anilines is 1. The van der Waals surface area contributed by atoms with E-state index in [-0.39, 0.29) is 29.4 Å². The number of methoxy groups -OCH3 is 1. The SMILES string of the molecule is COC(=O)c1c(N)cccc1OCc1cc(F)ccc1Br. The first-order chi connectivity index (χ1) is 10.0. The predicted molar refractivity (Wildman–Crippen MR) is 80.6 cm³/mol. The van der Waals surface area contributed by atoms with Crippen LogP contribution in [0.5, 0.6) is 5.75 Å². The first-order valence-corrected chi connectivity index (χ1v) is 6.85. The topological polar surface area (TPSA) is 61.5 Å². The lowest BCUT2D eigenvalue weighted by molar-refractivity contribution is 0.0597. The number of hydrogen-bond donors (Lipinski definition) is 1. The van der Waals surface area contributed by atoms with Crippen molar-refractivity contribution < 1.29 is 18.7 Å². The van der Waals surface area contributed by atoms with E-state index in [4.69, 9.17) is 10.5 Å². The lowest BCUT2D eigenvalue weighted by Gasteiger charge is -2.13. The van der Waals surface area contributed by atoms with E-state index < -0.39 is 5.97 Å². The summed E-state index contributed by atoms with van der Waals surface area (Å²) in [6.45, 7) is 0.0891. The molecule has 0 bridgehead atoms. The van der Waals surface area contributed by atoms with Crippen molar-refractivity contribution in [1.29, 1.82) is 0 Å². The molecule has 0 unspecified atom stereocenters. The Labute approximate surface area is 129 Å². The highest BCUT2D eigenvalue weighted by atomic mass is 79.9. The van der Waals surface area contributed by atoms with Crippen LogP contribution in [0.3, 0.4) is 0 Å². The van der Waals surface area contributed by atoms with Crippen LogP contribution in [0, 0.1) is 5.82 Å². The van der Waals surface area contributed by atoms with E-state index in [9.17, 15) is 9.18 Å². The molecule has 110 valence electrons. The minimum Gasteiger partial charge on any atom is -0.488 e. The second kappa shape index (κ2) is 6.58. The van der Waals surface area contributed by atoms with Crippen LogP contribution >= 0.6 is 15.9 Å². The number of nitrogens with two attached hydrogens (primary N) is 1. The largest absolute Gasteiger partial charge is 0.488 e. The molecule has 2 N–H and O–H groups in total. The molecule has 0 aliphatic carbocycles. The minimum atomic E-state index is -0.582. The molecule has 6 heteroatoms. The van der Waals surface area contributed by atoms with Gasteiger partial charge in [0.25, 0.3) is 0 Å². The third-order valence-electron chi connectivity index (χ3n) is 2.84. The quantitative estimate of drug-likeness (QED) is 0.674. The van der Waals surface area contributed by atoms with Crippen molar-refractivity contribution in [3.63, 3.8) is 0 Å². The number of halogens is 2. The summed E-state index contributed by atoms with van der Waals surface area (Å²) in [7, 11) is 1.27. The number of carbonyl (C=O) groups is 1. The maximum Gasteiger partial charge on any atom is 0.343 e. The van der Waals surface area contributed by atoms with Crippen LogP contribution < -0.4 is 10.5 Å². The number of hydrogen-bond acceptors (Lipinski definition) is 4. The van der Waals surface area contributed by atoms with Gasteiger partial charge in [-0.25, -0.2) is 9.18 Å². The lowest BCUT2D eigenvalue weighted by atomic mass is 10.1. The Bertz CT molecular complexity index is 676. The highest BCUT2D eigenvalue weighted by molar-refractivity contribution is 9.10. The number of benzene rings is 2. The first kappa shape index (κ1) is 15.3. The van der Waals surface area contributed by atoms with E-state index in [1.54, 1.807) is 24.3 Å². The predicted octanol–water partition coefficient (Wildman–Crippen LogP) is 3.54. The molecule has 0 fully saturated rings. The average Bonchev–Trinajstić information content (AvgIpc) is 2.47. The summed E-state index contributed by atoms with van der Waals surface area (Å²) in [5.74, 6) is -0.656. The molecule has 4 nitrogen and oxygen atoms in total. The molecule has 0 aliphatic heterocycles. The molecule has 0 aliphatic rings. The smallest absolute Gasteiger partial charge is 0.343 e. The Kier molecular flexibility index (Phi) is 4.80. The van der Waals surface area contributed by atoms with Gasteiger partial charge in [-0.2, -0.15) is 0 Å². The van der Waals surface area contributed by atoms with Gasteiger partial charge in [0.1, 0.15) is 23.7 Å². The van der Waals surface area contributed by atoms with Crippen LogP contribution in [0.2, 0.25) is 0 Å². The monoisotopic (exact) mass is 353 g/mol. The Morgan fingerprint density at radius 3 is 2.81 bits per heavy atom. The third-order valence-corrected chi connectivity index (χ3v) is 3.61. The summed E-state index contributed by atoms with van der Waals surface area (Å²) in [6.07, 6.45) is 0. The van der Waals surface area contributed by atoms with Crippen molar-refractivity contribution in [1.82, 2.24) is 0 Å². The second-order valence-electron chi connectivity index (χ2n) is 4.24. The Morgan fingerprint density at radius 1 is 1.33 bits per heavy atom. The van der Waals surface area contributed by atoms with Crippen molar-refractivity contribution >= 4 is 27.6 Å². The normalized spacial score (nSPS) is 10.2. The molecular formula is C15H13BrFNO3. The average molecular weight is 354 g/mol. The van der Waals surface area contributed by atoms with E-state index in [2.05, 4.69) is 20.7 Å². The van der Waals surface area contributed by atoms with E-state index in [1.807, 2.05) is 0 Å². The van der Waals surface area contributed by atoms with Gasteiger partial charge < -0.3 is 15.2 Å². The van der Waals surface area contributed by atoms with Crippen molar-refractivity contribution in [3.05, 3.63) is 57.8 Å². The number of esters is 1. The fourth-order valence-corrected chi connectivity index (χ4v) is 2.16. The van der Waals surface area contributed by atoms with Gasteiger partial charge in [0.15, 0.2) is 0 Å². The number of carbonyl (C=O) groups excluding carboxylic acids is 1. The zero-order valence-corrected chi connectivity index (χ0v) is 12.8. The van der Waals surface area contributed by atoms with Gasteiger partial charge in [-0.15, -0.1) is 0 Å². The van der Waals surface area contributed by atoms with Crippen molar-refractivity contribution in [2.45, 2.75) is 6.61 Å². The summed E-state index contributed by atoms with van der Waals surface area (Å²) in [5.41, 5.74) is 6.81. The Balaban J connectivity index is 2.26. The van der Waals surface area contributed by atoms with Crippen LogP contribution in [0.1, 0.15) is 15.9 Å². The second-order valence-corrected chi connectivity index (χ2v) is 5.09. The zero-order chi connectivity index (χ0) is 15.4. The van der Waals surface area contributed by atoms with Gasteiger partial charge in [-0.05, 0) is 30.3 Å². The molecule has 0 saturated carbocycles. The third kappa shape index (κ3) is 3.52. The maximum absolute atomic E-state index is 13.2. The highest BCUT2D eigenvalue weighted by Crippen LogP contribution is 2.27. The molecule has 0 radical (unpaired) electrons. The van der Waals surface area contributed by atoms with Gasteiger partial charge in [0, 0.05) is 15.7 Å². The van der Waals surface area contributed by atoms with Gasteiger partial charge >= 0.3 is 5.97 Å². The van der Waals surface area contributed by atoms with Crippen molar-refractivity contribution in [2.75, 3.05) is 12.8 Å². The molecule has 0 aromatic heterocycles. The Morgan fingerprint density at radius 2 is 2.10 bits per heavy atom. The van der Waals surface area contributed by atoms with Crippen LogP contribution in [-0.4, -0.2) is 13.1 Å². The van der Waals surface area contributed by atoms with Crippen LogP contribution in [0.4, 0.5) is 10.1 Å². The number of nitrogen functional groups attached to an aromatic ring is 1. The van der Waals surface area contributed by atoms with E-state index >= 15 is 0 Å². The van der Waals surface area contributed by atoms with E-state index in [0.717, 1.165) is 0 Å². The van der Waals surface area contributed by atoms with E-state index in [1.165, 1.54) is 19.2 Å². The zero-order valence-electron chi connectivity index (χ0n) is 11.2. The van der Waals surface area contributed by atoms with Gasteiger partial charge in [-0.1, -0.05) is 22.0 Å². The van der Waals surface area contributed by atoms with Gasteiger partial charge in [0.2, 0.25) is 0 Å². The first-order valence-electron chi connectivity index (χ1n) is 6.06. The lowest BCUT2D eigenvalue weighted by Crippen LogP contribution is -2.09. The summed E-state index contributed by atoms with van der Waals surface area (Å²) in [6, 6.07) is 9.14. The summed E-state index contributed by atoms with van der Waals surface area (Å²) >= 11 is 3.32. The fraction of sp³-hybridized carbons (Fsp3) is 0.133. The summed E-state index contributed by atoms with van der Waals surface area (Å²) < 4.78 is 24.2. The maximum atomic E-state index is 13.2. The molecule has 21 heavy (non-hydrogen) atoms. The van der Waals surface area contributed by atoms with Crippen LogP contribution in [-0.2, 0) is 11.3 Å². The molecule has 2 rings (SSSR count). The molecule has 0 spiro atoms. The summed E-state index contributed by atoms with van der Waals surface area (Å²) in [5, 5.41) is 0.